The van der Waals surface area contributed by atoms with Crippen LogP contribution in [0.1, 0.15) is 69.3 Å². The summed E-state index contributed by atoms with van der Waals surface area (Å²) in [7, 11) is 0. The molecule has 6 heteroatoms. The fraction of sp³-hybridized carbons (Fsp3) is 0.565. The first kappa shape index (κ1) is 21.7. The molecule has 1 saturated carbocycles. The van der Waals surface area contributed by atoms with Crippen molar-refractivity contribution in [1.29, 1.82) is 0 Å². The molecule has 1 aliphatic rings. The maximum absolute atomic E-state index is 15.0. The van der Waals surface area contributed by atoms with Crippen LogP contribution in [-0.2, 0) is 19.0 Å². The average Bonchev–Trinajstić information content (AvgIpc) is 2.67. The van der Waals surface area contributed by atoms with Gasteiger partial charge in [0.1, 0.15) is 11.6 Å². The van der Waals surface area contributed by atoms with Crippen molar-refractivity contribution < 1.29 is 17.6 Å². The minimum atomic E-state index is -4.74. The lowest BCUT2D eigenvalue weighted by atomic mass is 9.80. The Morgan fingerprint density at radius 3 is 2.24 bits per heavy atom. The minimum absolute atomic E-state index is 0.0425. The van der Waals surface area contributed by atoms with Gasteiger partial charge in [-0.1, -0.05) is 51.7 Å². The molecule has 29 heavy (non-hydrogen) atoms. The van der Waals surface area contributed by atoms with E-state index in [1.54, 1.807) is 0 Å². The van der Waals surface area contributed by atoms with Crippen LogP contribution < -0.4 is 0 Å². The Morgan fingerprint density at radius 1 is 1.00 bits per heavy atom. The summed E-state index contributed by atoms with van der Waals surface area (Å²) >= 11 is 0. The Bertz CT molecular complexity index is 807. The van der Waals surface area contributed by atoms with E-state index in [0.717, 1.165) is 32.1 Å². The fourth-order valence-corrected chi connectivity index (χ4v) is 4.18. The zero-order chi connectivity index (χ0) is 21.0. The zero-order valence-electron chi connectivity index (χ0n) is 17.0. The van der Waals surface area contributed by atoms with E-state index in [-0.39, 0.29) is 23.1 Å². The van der Waals surface area contributed by atoms with Crippen molar-refractivity contribution >= 4 is 0 Å². The summed E-state index contributed by atoms with van der Waals surface area (Å²) in [6.07, 6.45) is 4.86. The van der Waals surface area contributed by atoms with Gasteiger partial charge in [-0.15, -0.1) is 0 Å². The minimum Gasteiger partial charge on any atom is -0.241 e. The SMILES string of the molecule is CCCc1ncc(-c2ccc(CCC3CCC(C)CC3)c(C(F)(F)F)c2F)cn1. The van der Waals surface area contributed by atoms with Crippen LogP contribution in [0.3, 0.4) is 0 Å². The van der Waals surface area contributed by atoms with E-state index >= 15 is 4.39 Å². The highest BCUT2D eigenvalue weighted by molar-refractivity contribution is 5.64. The van der Waals surface area contributed by atoms with Gasteiger partial charge in [0.25, 0.3) is 0 Å². The lowest BCUT2D eigenvalue weighted by Crippen LogP contribution is -2.16. The van der Waals surface area contributed by atoms with Gasteiger partial charge in [0.05, 0.1) is 5.56 Å². The van der Waals surface area contributed by atoms with Crippen LogP contribution >= 0.6 is 0 Å². The highest BCUT2D eigenvalue weighted by Crippen LogP contribution is 2.39. The molecule has 0 unspecified atom stereocenters. The first-order chi connectivity index (χ1) is 13.8. The van der Waals surface area contributed by atoms with E-state index in [9.17, 15) is 13.2 Å². The molecule has 1 aromatic heterocycles. The Hall–Kier alpha value is -1.98. The number of aromatic nitrogens is 2. The van der Waals surface area contributed by atoms with Crippen LogP contribution in [0.4, 0.5) is 17.6 Å². The summed E-state index contributed by atoms with van der Waals surface area (Å²) in [4.78, 5) is 8.29. The maximum Gasteiger partial charge on any atom is 0.419 e. The van der Waals surface area contributed by atoms with Crippen LogP contribution in [-0.4, -0.2) is 9.97 Å². The molecule has 3 rings (SSSR count). The highest BCUT2D eigenvalue weighted by atomic mass is 19.4. The Kier molecular flexibility index (Phi) is 6.91. The fourth-order valence-electron chi connectivity index (χ4n) is 4.18. The van der Waals surface area contributed by atoms with Gasteiger partial charge in [0, 0.05) is 29.9 Å². The predicted molar refractivity (Wildman–Crippen MR) is 106 cm³/mol. The summed E-state index contributed by atoms with van der Waals surface area (Å²) < 4.78 is 56.1. The van der Waals surface area contributed by atoms with Crippen LogP contribution in [0.25, 0.3) is 11.1 Å². The third-order valence-corrected chi connectivity index (χ3v) is 5.96. The zero-order valence-corrected chi connectivity index (χ0v) is 17.0. The number of halogens is 4. The lowest BCUT2D eigenvalue weighted by Gasteiger charge is -2.26. The van der Waals surface area contributed by atoms with Gasteiger partial charge in [-0.05, 0) is 36.7 Å². The van der Waals surface area contributed by atoms with Crippen molar-refractivity contribution in [2.75, 3.05) is 0 Å². The number of hydrogen-bond acceptors (Lipinski definition) is 2. The van der Waals surface area contributed by atoms with Crippen LogP contribution in [0, 0.1) is 17.7 Å². The molecule has 1 aromatic carbocycles. The van der Waals surface area contributed by atoms with Gasteiger partial charge < -0.3 is 0 Å². The number of rotatable bonds is 6. The van der Waals surface area contributed by atoms with Crippen molar-refractivity contribution in [1.82, 2.24) is 9.97 Å². The van der Waals surface area contributed by atoms with Gasteiger partial charge in [-0.25, -0.2) is 14.4 Å². The van der Waals surface area contributed by atoms with E-state index in [0.29, 0.717) is 30.5 Å². The number of alkyl halides is 3. The van der Waals surface area contributed by atoms with Gasteiger partial charge in [-0.3, -0.25) is 0 Å². The Balaban J connectivity index is 1.85. The molecular formula is C23H28F4N2. The molecule has 2 nitrogen and oxygen atoms in total. The molecule has 0 atom stereocenters. The quantitative estimate of drug-likeness (QED) is 0.480. The molecule has 2 aromatic rings. The number of aryl methyl sites for hydroxylation is 2. The van der Waals surface area contributed by atoms with E-state index in [1.807, 2.05) is 6.92 Å². The number of nitrogens with zero attached hydrogens (tertiary/aromatic N) is 2. The second-order valence-corrected chi connectivity index (χ2v) is 8.26. The second-order valence-electron chi connectivity index (χ2n) is 8.26. The van der Waals surface area contributed by atoms with Gasteiger partial charge >= 0.3 is 6.18 Å². The summed E-state index contributed by atoms with van der Waals surface area (Å²) in [5.74, 6) is 0.499. The lowest BCUT2D eigenvalue weighted by molar-refractivity contribution is -0.140. The maximum atomic E-state index is 15.0. The van der Waals surface area contributed by atoms with Crippen LogP contribution in [0.5, 0.6) is 0 Å². The molecule has 0 N–H and O–H groups in total. The first-order valence-electron chi connectivity index (χ1n) is 10.5. The second kappa shape index (κ2) is 9.23. The third-order valence-electron chi connectivity index (χ3n) is 5.96. The largest absolute Gasteiger partial charge is 0.419 e. The summed E-state index contributed by atoms with van der Waals surface area (Å²) in [6.45, 7) is 4.20. The molecular weight excluding hydrogens is 380 g/mol. The van der Waals surface area contributed by atoms with Crippen molar-refractivity contribution in [3.63, 3.8) is 0 Å². The molecule has 1 heterocycles. The van der Waals surface area contributed by atoms with Crippen molar-refractivity contribution in [3.8, 4) is 11.1 Å². The van der Waals surface area contributed by atoms with Crippen LogP contribution in [0.15, 0.2) is 24.5 Å². The standard InChI is InChI=1S/C23H28F4N2/c1-3-4-20-28-13-18(14-29-20)19-12-11-17(21(22(19)24)23(25,26)27)10-9-16-7-5-15(2)6-8-16/h11-16H,3-10H2,1-2H3. The molecule has 0 radical (unpaired) electrons. The van der Waals surface area contributed by atoms with E-state index < -0.39 is 17.6 Å². The smallest absolute Gasteiger partial charge is 0.241 e. The van der Waals surface area contributed by atoms with Gasteiger partial charge in [0.2, 0.25) is 0 Å². The molecule has 0 spiro atoms. The summed E-state index contributed by atoms with van der Waals surface area (Å²) in [5, 5.41) is 0. The van der Waals surface area contributed by atoms with Crippen molar-refractivity contribution in [3.05, 3.63) is 47.3 Å². The van der Waals surface area contributed by atoms with E-state index in [4.69, 9.17) is 0 Å². The van der Waals surface area contributed by atoms with Gasteiger partial charge in [0.15, 0.2) is 0 Å². The summed E-state index contributed by atoms with van der Waals surface area (Å²) in [6, 6.07) is 2.85. The van der Waals surface area contributed by atoms with Gasteiger partial charge in [-0.2, -0.15) is 13.2 Å². The van der Waals surface area contributed by atoms with E-state index in [2.05, 4.69) is 16.9 Å². The number of benzene rings is 1. The van der Waals surface area contributed by atoms with Crippen LogP contribution in [0.2, 0.25) is 0 Å². The van der Waals surface area contributed by atoms with Crippen molar-refractivity contribution in [2.45, 2.75) is 71.4 Å². The van der Waals surface area contributed by atoms with Crippen molar-refractivity contribution in [2.24, 2.45) is 11.8 Å². The monoisotopic (exact) mass is 408 g/mol. The Labute approximate surface area is 169 Å². The molecule has 1 aliphatic carbocycles. The molecule has 1 fully saturated rings. The third kappa shape index (κ3) is 5.34. The molecule has 0 saturated heterocycles. The Morgan fingerprint density at radius 2 is 1.66 bits per heavy atom. The molecule has 0 bridgehead atoms. The highest BCUT2D eigenvalue weighted by Gasteiger charge is 2.38. The molecule has 0 aliphatic heterocycles. The van der Waals surface area contributed by atoms with E-state index in [1.165, 1.54) is 24.5 Å². The first-order valence-corrected chi connectivity index (χ1v) is 10.5. The molecule has 158 valence electrons. The molecule has 0 amide bonds. The predicted octanol–water partition coefficient (Wildman–Crippen LogP) is 7.01. The summed E-state index contributed by atoms with van der Waals surface area (Å²) in [5.41, 5.74) is -0.936. The average molecular weight is 408 g/mol. The topological polar surface area (TPSA) is 25.8 Å². The normalized spacial score (nSPS) is 20.1. The number of hydrogen-bond donors (Lipinski definition) is 0.